The van der Waals surface area contributed by atoms with Gasteiger partial charge in [-0.1, -0.05) is 13.3 Å². The van der Waals surface area contributed by atoms with E-state index in [0.29, 0.717) is 13.0 Å². The number of hydrogen-bond donors (Lipinski definition) is 1. The van der Waals surface area contributed by atoms with E-state index in [9.17, 15) is 9.59 Å². The van der Waals surface area contributed by atoms with Crippen molar-refractivity contribution in [2.24, 2.45) is 11.1 Å². The van der Waals surface area contributed by atoms with E-state index >= 15 is 0 Å². The predicted molar refractivity (Wildman–Crippen MR) is 52.9 cm³/mol. The molecule has 0 aromatic rings. The highest BCUT2D eigenvalue weighted by Crippen LogP contribution is 2.46. The Morgan fingerprint density at radius 1 is 1.47 bits per heavy atom. The van der Waals surface area contributed by atoms with E-state index in [0.717, 1.165) is 12.8 Å². The van der Waals surface area contributed by atoms with Gasteiger partial charge in [0.15, 0.2) is 5.41 Å². The molecule has 0 aliphatic heterocycles. The molecule has 5 nitrogen and oxygen atoms in total. The predicted octanol–water partition coefficient (Wildman–Crippen LogP) is 0.220. The van der Waals surface area contributed by atoms with Gasteiger partial charge in [-0.15, -0.1) is 0 Å². The molecule has 1 aliphatic carbocycles. The molecule has 0 saturated heterocycles. The molecule has 5 heteroatoms. The van der Waals surface area contributed by atoms with Gasteiger partial charge in [-0.3, -0.25) is 9.59 Å². The topological polar surface area (TPSA) is 78.6 Å². The van der Waals surface area contributed by atoms with Crippen molar-refractivity contribution in [1.29, 1.82) is 0 Å². The quantitative estimate of drug-likeness (QED) is 0.403. The number of unbranched alkanes of at least 4 members (excludes halogenated alkanes) is 1. The molecule has 1 rings (SSSR count). The first kappa shape index (κ1) is 12.0. The van der Waals surface area contributed by atoms with Crippen molar-refractivity contribution < 1.29 is 19.1 Å². The highest BCUT2D eigenvalue weighted by molar-refractivity contribution is 6.04. The Morgan fingerprint density at radius 3 is 2.47 bits per heavy atom. The van der Waals surface area contributed by atoms with Gasteiger partial charge in [0.25, 0.3) is 0 Å². The van der Waals surface area contributed by atoms with Gasteiger partial charge < -0.3 is 15.2 Å². The third kappa shape index (κ3) is 2.12. The zero-order chi connectivity index (χ0) is 11.5. The Bertz CT molecular complexity index is 266. The highest BCUT2D eigenvalue weighted by Gasteiger charge is 2.66. The summed E-state index contributed by atoms with van der Waals surface area (Å²) in [6.07, 6.45) is 2.05. The van der Waals surface area contributed by atoms with Crippen LogP contribution in [0.5, 0.6) is 0 Å². The van der Waals surface area contributed by atoms with Gasteiger partial charge in [-0.2, -0.15) is 0 Å². The largest absolute Gasteiger partial charge is 0.468 e. The smallest absolute Gasteiger partial charge is 0.325 e. The molecular weight excluding hydrogens is 198 g/mol. The van der Waals surface area contributed by atoms with Crippen LogP contribution in [0.1, 0.15) is 26.2 Å². The molecule has 2 unspecified atom stereocenters. The number of esters is 2. The summed E-state index contributed by atoms with van der Waals surface area (Å²) in [7, 11) is 1.24. The molecule has 0 radical (unpaired) electrons. The number of rotatable bonds is 5. The van der Waals surface area contributed by atoms with Crippen LogP contribution in [0.25, 0.3) is 0 Å². The van der Waals surface area contributed by atoms with Gasteiger partial charge in [-0.05, 0) is 12.8 Å². The maximum atomic E-state index is 11.6. The van der Waals surface area contributed by atoms with Crippen molar-refractivity contribution >= 4 is 11.9 Å². The van der Waals surface area contributed by atoms with Gasteiger partial charge >= 0.3 is 11.9 Å². The monoisotopic (exact) mass is 215 g/mol. The molecule has 1 saturated carbocycles. The number of hydrogen-bond acceptors (Lipinski definition) is 5. The van der Waals surface area contributed by atoms with Crippen molar-refractivity contribution in [1.82, 2.24) is 0 Å². The van der Waals surface area contributed by atoms with Crippen molar-refractivity contribution in [3.05, 3.63) is 0 Å². The summed E-state index contributed by atoms with van der Waals surface area (Å²) in [5.41, 5.74) is 4.36. The van der Waals surface area contributed by atoms with Crippen LogP contribution in [-0.4, -0.2) is 31.7 Å². The lowest BCUT2D eigenvalue weighted by Gasteiger charge is -2.12. The van der Waals surface area contributed by atoms with Crippen LogP contribution in [0.2, 0.25) is 0 Å². The van der Waals surface area contributed by atoms with Crippen LogP contribution in [0.15, 0.2) is 0 Å². The van der Waals surface area contributed by atoms with Crippen molar-refractivity contribution in [3.8, 4) is 0 Å². The van der Waals surface area contributed by atoms with Crippen LogP contribution < -0.4 is 5.73 Å². The Hall–Kier alpha value is -1.10. The van der Waals surface area contributed by atoms with Crippen molar-refractivity contribution in [2.75, 3.05) is 13.7 Å². The number of methoxy groups -OCH3 is 1. The molecule has 0 aromatic heterocycles. The molecule has 1 fully saturated rings. The van der Waals surface area contributed by atoms with E-state index in [1.54, 1.807) is 0 Å². The van der Waals surface area contributed by atoms with E-state index in [4.69, 9.17) is 10.5 Å². The molecular formula is C10H17NO4. The van der Waals surface area contributed by atoms with Crippen LogP contribution in [0.4, 0.5) is 0 Å². The average Bonchev–Trinajstić information content (AvgIpc) is 2.90. The van der Waals surface area contributed by atoms with E-state index < -0.39 is 23.4 Å². The van der Waals surface area contributed by atoms with Crippen LogP contribution in [0.3, 0.4) is 0 Å². The summed E-state index contributed by atoms with van der Waals surface area (Å²) in [5.74, 6) is -1.13. The highest BCUT2D eigenvalue weighted by atomic mass is 16.6. The van der Waals surface area contributed by atoms with Gasteiger partial charge in [0.1, 0.15) is 0 Å². The fraction of sp³-hybridized carbons (Fsp3) is 0.800. The Balaban J connectivity index is 2.52. The Kier molecular flexibility index (Phi) is 3.68. The van der Waals surface area contributed by atoms with E-state index in [2.05, 4.69) is 4.74 Å². The molecule has 0 spiro atoms. The SMILES string of the molecule is CCCCOC(=O)C1(C(=O)OC)CC1N. The zero-order valence-electron chi connectivity index (χ0n) is 9.12. The minimum atomic E-state index is -1.22. The lowest BCUT2D eigenvalue weighted by atomic mass is 10.1. The molecule has 15 heavy (non-hydrogen) atoms. The first-order valence-electron chi connectivity index (χ1n) is 5.10. The number of carbonyl (C=O) groups is 2. The molecule has 0 amide bonds. The van der Waals surface area contributed by atoms with Crippen LogP contribution >= 0.6 is 0 Å². The number of ether oxygens (including phenoxy) is 2. The summed E-state index contributed by atoms with van der Waals surface area (Å²) < 4.78 is 9.54. The van der Waals surface area contributed by atoms with Crippen LogP contribution in [-0.2, 0) is 19.1 Å². The molecule has 86 valence electrons. The second-order valence-electron chi connectivity index (χ2n) is 3.76. The molecule has 1 aliphatic rings. The van der Waals surface area contributed by atoms with Gasteiger partial charge in [-0.25, -0.2) is 0 Å². The molecule has 0 aromatic carbocycles. The third-order valence-corrected chi connectivity index (χ3v) is 2.66. The number of nitrogens with two attached hydrogens (primary N) is 1. The van der Waals surface area contributed by atoms with Gasteiger partial charge in [0, 0.05) is 6.04 Å². The first-order valence-corrected chi connectivity index (χ1v) is 5.10. The summed E-state index contributed by atoms with van der Waals surface area (Å²) in [6, 6.07) is -0.459. The molecule has 0 bridgehead atoms. The maximum absolute atomic E-state index is 11.6. The second kappa shape index (κ2) is 4.61. The molecule has 2 N–H and O–H groups in total. The minimum Gasteiger partial charge on any atom is -0.468 e. The summed E-state index contributed by atoms with van der Waals surface area (Å²) in [5, 5.41) is 0. The zero-order valence-corrected chi connectivity index (χ0v) is 9.12. The summed E-state index contributed by atoms with van der Waals surface area (Å²) in [4.78, 5) is 23.0. The van der Waals surface area contributed by atoms with E-state index in [1.165, 1.54) is 7.11 Å². The second-order valence-corrected chi connectivity index (χ2v) is 3.76. The van der Waals surface area contributed by atoms with Crippen molar-refractivity contribution in [2.45, 2.75) is 32.2 Å². The summed E-state index contributed by atoms with van der Waals surface area (Å²) >= 11 is 0. The fourth-order valence-electron chi connectivity index (χ4n) is 1.46. The standard InChI is InChI=1S/C10H17NO4/c1-3-4-5-15-9(13)10(6-7(10)11)8(12)14-2/h7H,3-6,11H2,1-2H3. The van der Waals surface area contributed by atoms with Crippen LogP contribution in [0, 0.1) is 5.41 Å². The fourth-order valence-corrected chi connectivity index (χ4v) is 1.46. The molecule has 2 atom stereocenters. The third-order valence-electron chi connectivity index (χ3n) is 2.66. The van der Waals surface area contributed by atoms with Gasteiger partial charge in [0.05, 0.1) is 13.7 Å². The lowest BCUT2D eigenvalue weighted by Crippen LogP contribution is -2.35. The average molecular weight is 215 g/mol. The summed E-state index contributed by atoms with van der Waals surface area (Å²) in [6.45, 7) is 2.33. The Labute approximate surface area is 88.9 Å². The first-order chi connectivity index (χ1) is 7.09. The lowest BCUT2D eigenvalue weighted by molar-refractivity contribution is -0.163. The van der Waals surface area contributed by atoms with Gasteiger partial charge in [0.2, 0.25) is 0 Å². The van der Waals surface area contributed by atoms with E-state index in [-0.39, 0.29) is 0 Å². The molecule has 0 heterocycles. The van der Waals surface area contributed by atoms with Crippen molar-refractivity contribution in [3.63, 3.8) is 0 Å². The van der Waals surface area contributed by atoms with E-state index in [1.807, 2.05) is 6.92 Å². The Morgan fingerprint density at radius 2 is 2.07 bits per heavy atom. The normalized spacial score (nSPS) is 28.3. The minimum absolute atomic E-state index is 0.324. The maximum Gasteiger partial charge on any atom is 0.325 e. The number of carbonyl (C=O) groups excluding carboxylic acids is 2.